The molecule has 1 aromatic rings. The number of aryl methyl sites for hydroxylation is 1. The average Bonchev–Trinajstić information content (AvgIpc) is 2.46. The molecule has 1 N–H and O–H groups in total. The number of hydrogen-bond donors (Lipinski definition) is 1. The highest BCUT2D eigenvalue weighted by Gasteiger charge is 2.45. The van der Waals surface area contributed by atoms with Crippen LogP contribution in [0.5, 0.6) is 0 Å². The largest absolute Gasteiger partial charge is 0.464 e. The fourth-order valence-corrected chi connectivity index (χ4v) is 3.14. The molecular formula is C18H27NO2. The maximum Gasteiger partial charge on any atom is 0.331 e. The Morgan fingerprint density at radius 1 is 1.29 bits per heavy atom. The van der Waals surface area contributed by atoms with Crippen LogP contribution in [0.2, 0.25) is 0 Å². The Labute approximate surface area is 128 Å². The molecule has 0 spiro atoms. The van der Waals surface area contributed by atoms with Gasteiger partial charge in [-0.3, -0.25) is 0 Å². The zero-order valence-electron chi connectivity index (χ0n) is 13.6. The van der Waals surface area contributed by atoms with Gasteiger partial charge in [0, 0.05) is 5.69 Å². The van der Waals surface area contributed by atoms with Gasteiger partial charge in [-0.2, -0.15) is 0 Å². The van der Waals surface area contributed by atoms with Gasteiger partial charge in [0.25, 0.3) is 0 Å². The van der Waals surface area contributed by atoms with Crippen LogP contribution in [0.3, 0.4) is 0 Å². The third-order valence-corrected chi connectivity index (χ3v) is 4.77. The number of benzene rings is 1. The van der Waals surface area contributed by atoms with Crippen LogP contribution in [0.1, 0.15) is 45.6 Å². The second kappa shape index (κ2) is 6.50. The molecule has 1 aliphatic carbocycles. The normalized spacial score (nSPS) is 29.0. The fraction of sp³-hybridized carbons (Fsp3) is 0.611. The van der Waals surface area contributed by atoms with Gasteiger partial charge in [0.05, 0.1) is 6.61 Å². The molecular weight excluding hydrogens is 262 g/mol. The topological polar surface area (TPSA) is 38.3 Å². The first-order valence-corrected chi connectivity index (χ1v) is 7.99. The van der Waals surface area contributed by atoms with Gasteiger partial charge in [0.1, 0.15) is 5.54 Å². The molecule has 3 atom stereocenters. The SMILES string of the molecule is CCOC(=O)C1(Nc2ccc(C)cc2)CCC(C)C(C)C1. The van der Waals surface area contributed by atoms with Crippen LogP contribution >= 0.6 is 0 Å². The highest BCUT2D eigenvalue weighted by molar-refractivity contribution is 5.84. The van der Waals surface area contributed by atoms with Crippen molar-refractivity contribution in [2.75, 3.05) is 11.9 Å². The van der Waals surface area contributed by atoms with Gasteiger partial charge < -0.3 is 10.1 Å². The molecule has 0 bridgehead atoms. The predicted molar refractivity (Wildman–Crippen MR) is 86.3 cm³/mol. The lowest BCUT2D eigenvalue weighted by atomic mass is 9.71. The van der Waals surface area contributed by atoms with E-state index in [0.29, 0.717) is 18.4 Å². The van der Waals surface area contributed by atoms with E-state index in [1.54, 1.807) is 0 Å². The quantitative estimate of drug-likeness (QED) is 0.846. The molecule has 3 unspecified atom stereocenters. The molecule has 3 nitrogen and oxygen atoms in total. The van der Waals surface area contributed by atoms with E-state index in [1.165, 1.54) is 5.56 Å². The van der Waals surface area contributed by atoms with E-state index in [9.17, 15) is 4.79 Å². The predicted octanol–water partition coefficient (Wildman–Crippen LogP) is 4.16. The fourth-order valence-electron chi connectivity index (χ4n) is 3.14. The van der Waals surface area contributed by atoms with Gasteiger partial charge in [0.15, 0.2) is 0 Å². The van der Waals surface area contributed by atoms with Gasteiger partial charge in [0.2, 0.25) is 0 Å². The number of rotatable bonds is 4. The minimum atomic E-state index is -0.572. The maximum atomic E-state index is 12.6. The summed E-state index contributed by atoms with van der Waals surface area (Å²) in [6, 6.07) is 8.21. The van der Waals surface area contributed by atoms with E-state index in [-0.39, 0.29) is 5.97 Å². The summed E-state index contributed by atoms with van der Waals surface area (Å²) in [5, 5.41) is 3.48. The van der Waals surface area contributed by atoms with Crippen LogP contribution in [0, 0.1) is 18.8 Å². The van der Waals surface area contributed by atoms with Crippen LogP contribution in [0.25, 0.3) is 0 Å². The zero-order valence-corrected chi connectivity index (χ0v) is 13.6. The number of hydrogen-bond acceptors (Lipinski definition) is 3. The molecule has 1 aliphatic rings. The van der Waals surface area contributed by atoms with Gasteiger partial charge in [-0.1, -0.05) is 31.5 Å². The second-order valence-electron chi connectivity index (χ2n) is 6.49. The molecule has 2 rings (SSSR count). The summed E-state index contributed by atoms with van der Waals surface area (Å²) < 4.78 is 5.36. The van der Waals surface area contributed by atoms with Crippen LogP contribution in [-0.4, -0.2) is 18.1 Å². The Hall–Kier alpha value is -1.51. The number of carbonyl (C=O) groups excluding carboxylic acids is 1. The van der Waals surface area contributed by atoms with Gasteiger partial charge in [-0.25, -0.2) is 4.79 Å². The molecule has 0 saturated heterocycles. The molecule has 116 valence electrons. The molecule has 21 heavy (non-hydrogen) atoms. The van der Waals surface area contributed by atoms with Gasteiger partial charge >= 0.3 is 5.97 Å². The molecule has 0 aliphatic heterocycles. The lowest BCUT2D eigenvalue weighted by Crippen LogP contribution is -2.52. The van der Waals surface area contributed by atoms with Crippen molar-refractivity contribution in [2.45, 2.75) is 52.5 Å². The van der Waals surface area contributed by atoms with E-state index in [1.807, 2.05) is 19.1 Å². The van der Waals surface area contributed by atoms with Crippen molar-refractivity contribution in [3.8, 4) is 0 Å². The van der Waals surface area contributed by atoms with E-state index in [0.717, 1.165) is 24.9 Å². The average molecular weight is 289 g/mol. The number of anilines is 1. The Morgan fingerprint density at radius 2 is 1.95 bits per heavy atom. The van der Waals surface area contributed by atoms with Crippen LogP contribution in [0.4, 0.5) is 5.69 Å². The minimum absolute atomic E-state index is 0.107. The van der Waals surface area contributed by atoms with Crippen molar-refractivity contribution in [1.29, 1.82) is 0 Å². The van der Waals surface area contributed by atoms with Gasteiger partial charge in [-0.15, -0.1) is 0 Å². The number of carbonyl (C=O) groups is 1. The third kappa shape index (κ3) is 3.58. The molecule has 1 saturated carbocycles. The van der Waals surface area contributed by atoms with Crippen molar-refractivity contribution in [3.63, 3.8) is 0 Å². The second-order valence-corrected chi connectivity index (χ2v) is 6.49. The monoisotopic (exact) mass is 289 g/mol. The summed E-state index contributed by atoms with van der Waals surface area (Å²) in [5.74, 6) is 1.07. The summed E-state index contributed by atoms with van der Waals surface area (Å²) in [7, 11) is 0. The summed E-state index contributed by atoms with van der Waals surface area (Å²) in [6.07, 6.45) is 2.73. The minimum Gasteiger partial charge on any atom is -0.464 e. The molecule has 0 amide bonds. The Bertz CT molecular complexity index is 482. The summed E-state index contributed by atoms with van der Waals surface area (Å²) >= 11 is 0. The van der Waals surface area contributed by atoms with Crippen molar-refractivity contribution in [2.24, 2.45) is 11.8 Å². The molecule has 0 heterocycles. The van der Waals surface area contributed by atoms with Crippen LogP contribution in [0.15, 0.2) is 24.3 Å². The number of esters is 1. The lowest BCUT2D eigenvalue weighted by Gasteiger charge is -2.42. The Balaban J connectivity index is 2.23. The summed E-state index contributed by atoms with van der Waals surface area (Å²) in [4.78, 5) is 12.6. The molecule has 1 fully saturated rings. The van der Waals surface area contributed by atoms with Crippen molar-refractivity contribution < 1.29 is 9.53 Å². The molecule has 0 radical (unpaired) electrons. The molecule has 1 aromatic carbocycles. The summed E-state index contributed by atoms with van der Waals surface area (Å²) in [6.45, 7) is 8.86. The summed E-state index contributed by atoms with van der Waals surface area (Å²) in [5.41, 5.74) is 1.64. The standard InChI is InChI=1S/C18H27NO2/c1-5-21-17(20)18(11-10-14(3)15(4)12-18)19-16-8-6-13(2)7-9-16/h6-9,14-15,19H,5,10-12H2,1-4H3. The van der Waals surface area contributed by atoms with Crippen molar-refractivity contribution >= 4 is 11.7 Å². The van der Waals surface area contributed by atoms with Gasteiger partial charge in [-0.05, 0) is 57.1 Å². The lowest BCUT2D eigenvalue weighted by molar-refractivity contribution is -0.150. The smallest absolute Gasteiger partial charge is 0.331 e. The third-order valence-electron chi connectivity index (χ3n) is 4.77. The Kier molecular flexibility index (Phi) is 4.92. The highest BCUT2D eigenvalue weighted by atomic mass is 16.5. The molecule has 3 heteroatoms. The zero-order chi connectivity index (χ0) is 15.5. The van der Waals surface area contributed by atoms with Crippen molar-refractivity contribution in [3.05, 3.63) is 29.8 Å². The van der Waals surface area contributed by atoms with E-state index in [2.05, 4.69) is 38.2 Å². The Morgan fingerprint density at radius 3 is 2.52 bits per heavy atom. The van der Waals surface area contributed by atoms with E-state index < -0.39 is 5.54 Å². The van der Waals surface area contributed by atoms with E-state index >= 15 is 0 Å². The van der Waals surface area contributed by atoms with Crippen LogP contribution < -0.4 is 5.32 Å². The molecule has 0 aromatic heterocycles. The number of ether oxygens (including phenoxy) is 1. The first kappa shape index (κ1) is 15.9. The maximum absolute atomic E-state index is 12.6. The van der Waals surface area contributed by atoms with Crippen LogP contribution in [-0.2, 0) is 9.53 Å². The number of nitrogens with one attached hydrogen (secondary N) is 1. The van der Waals surface area contributed by atoms with E-state index in [4.69, 9.17) is 4.74 Å². The first-order valence-electron chi connectivity index (χ1n) is 7.99. The first-order chi connectivity index (χ1) is 9.97. The highest BCUT2D eigenvalue weighted by Crippen LogP contribution is 2.39. The van der Waals surface area contributed by atoms with Crippen molar-refractivity contribution in [1.82, 2.24) is 0 Å².